The van der Waals surface area contributed by atoms with Gasteiger partial charge >= 0.3 is 0 Å². The van der Waals surface area contributed by atoms with Crippen molar-refractivity contribution in [3.63, 3.8) is 0 Å². The number of benzene rings is 1. The summed E-state index contributed by atoms with van der Waals surface area (Å²) < 4.78 is 0. The molecule has 1 aromatic rings. The van der Waals surface area contributed by atoms with Gasteiger partial charge in [0.25, 0.3) is 5.91 Å². The monoisotopic (exact) mass is 195 g/mol. The van der Waals surface area contributed by atoms with Crippen LogP contribution in [-0.4, -0.2) is 28.8 Å². The highest BCUT2D eigenvalue weighted by atomic mass is 16.3. The zero-order valence-corrected chi connectivity index (χ0v) is 7.90. The fourth-order valence-electron chi connectivity index (χ4n) is 0.990. The average Bonchev–Trinajstić information content (AvgIpc) is 2.14. The first-order valence-corrected chi connectivity index (χ1v) is 4.35. The van der Waals surface area contributed by atoms with Gasteiger partial charge in [0, 0.05) is 12.1 Å². The summed E-state index contributed by atoms with van der Waals surface area (Å²) in [5.41, 5.74) is 0.380. The molecular formula is C10H13NO3. The van der Waals surface area contributed by atoms with E-state index in [2.05, 4.69) is 5.32 Å². The number of hydrogen-bond donors (Lipinski definition) is 3. The van der Waals surface area contributed by atoms with E-state index in [4.69, 9.17) is 10.2 Å². The van der Waals surface area contributed by atoms with E-state index in [0.29, 0.717) is 5.56 Å². The normalized spacial score (nSPS) is 12.1. The number of aliphatic hydroxyl groups is 1. The predicted octanol–water partition coefficient (Wildman–Crippen LogP) is 0.503. The molecule has 0 heterocycles. The van der Waals surface area contributed by atoms with Crippen molar-refractivity contribution in [1.29, 1.82) is 0 Å². The molecule has 1 aromatic carbocycles. The van der Waals surface area contributed by atoms with Crippen LogP contribution >= 0.6 is 0 Å². The molecule has 0 radical (unpaired) electrons. The molecule has 0 saturated carbocycles. The maximum Gasteiger partial charge on any atom is 0.251 e. The quantitative estimate of drug-likeness (QED) is 0.658. The van der Waals surface area contributed by atoms with Crippen LogP contribution in [0.5, 0.6) is 5.75 Å². The van der Waals surface area contributed by atoms with Crippen LogP contribution in [0.1, 0.15) is 17.3 Å². The van der Waals surface area contributed by atoms with E-state index in [-0.39, 0.29) is 18.2 Å². The van der Waals surface area contributed by atoms with E-state index in [1.165, 1.54) is 12.1 Å². The lowest BCUT2D eigenvalue weighted by Crippen LogP contribution is -2.30. The number of aromatic hydroxyl groups is 1. The molecule has 0 bridgehead atoms. The molecule has 4 heteroatoms. The predicted molar refractivity (Wildman–Crippen MR) is 52.1 cm³/mol. The van der Waals surface area contributed by atoms with Crippen LogP contribution in [0.15, 0.2) is 24.3 Å². The van der Waals surface area contributed by atoms with Gasteiger partial charge in [-0.3, -0.25) is 4.79 Å². The number of hydrogen-bond acceptors (Lipinski definition) is 3. The molecule has 0 saturated heterocycles. The first kappa shape index (κ1) is 10.5. The molecule has 0 aliphatic rings. The minimum Gasteiger partial charge on any atom is -0.508 e. The van der Waals surface area contributed by atoms with Crippen molar-refractivity contribution in [2.45, 2.75) is 13.0 Å². The maximum absolute atomic E-state index is 11.4. The molecule has 14 heavy (non-hydrogen) atoms. The number of carbonyl (C=O) groups is 1. The van der Waals surface area contributed by atoms with Gasteiger partial charge in [-0.05, 0) is 25.1 Å². The number of amides is 1. The molecule has 0 fully saturated rings. The van der Waals surface area contributed by atoms with Gasteiger partial charge in [-0.2, -0.15) is 0 Å². The standard InChI is InChI=1S/C10H13NO3/c1-7(12)6-11-10(14)8-3-2-4-9(13)5-8/h2-5,7,12-13H,6H2,1H3,(H,11,14). The van der Waals surface area contributed by atoms with Crippen LogP contribution in [-0.2, 0) is 0 Å². The third-order valence-electron chi connectivity index (χ3n) is 1.67. The fourth-order valence-corrected chi connectivity index (χ4v) is 0.990. The van der Waals surface area contributed by atoms with Gasteiger partial charge in [-0.15, -0.1) is 0 Å². The third-order valence-corrected chi connectivity index (χ3v) is 1.67. The lowest BCUT2D eigenvalue weighted by Gasteiger charge is -2.06. The molecule has 4 nitrogen and oxygen atoms in total. The Morgan fingerprint density at radius 1 is 1.57 bits per heavy atom. The summed E-state index contributed by atoms with van der Waals surface area (Å²) >= 11 is 0. The summed E-state index contributed by atoms with van der Waals surface area (Å²) in [5.74, 6) is -0.253. The molecule has 1 atom stereocenters. The van der Waals surface area contributed by atoms with Gasteiger partial charge in [-0.1, -0.05) is 6.07 Å². The van der Waals surface area contributed by atoms with Crippen LogP contribution in [0, 0.1) is 0 Å². The van der Waals surface area contributed by atoms with Crippen LogP contribution in [0.4, 0.5) is 0 Å². The zero-order chi connectivity index (χ0) is 10.6. The van der Waals surface area contributed by atoms with E-state index in [1.54, 1.807) is 19.1 Å². The van der Waals surface area contributed by atoms with Crippen molar-refractivity contribution < 1.29 is 15.0 Å². The van der Waals surface area contributed by atoms with Gasteiger partial charge in [0.2, 0.25) is 0 Å². The second-order valence-electron chi connectivity index (χ2n) is 3.11. The first-order valence-electron chi connectivity index (χ1n) is 4.35. The lowest BCUT2D eigenvalue weighted by molar-refractivity contribution is 0.0923. The number of aliphatic hydroxyl groups excluding tert-OH is 1. The van der Waals surface area contributed by atoms with Gasteiger partial charge in [0.15, 0.2) is 0 Å². The first-order chi connectivity index (χ1) is 6.59. The molecule has 3 N–H and O–H groups in total. The second kappa shape index (κ2) is 4.62. The molecule has 1 amide bonds. The number of nitrogens with one attached hydrogen (secondary N) is 1. The summed E-state index contributed by atoms with van der Waals surface area (Å²) in [5, 5.41) is 20.6. The van der Waals surface area contributed by atoms with Crippen molar-refractivity contribution in [3.8, 4) is 5.75 Å². The van der Waals surface area contributed by atoms with E-state index in [0.717, 1.165) is 0 Å². The molecule has 76 valence electrons. The molecule has 0 aromatic heterocycles. The van der Waals surface area contributed by atoms with Crippen LogP contribution in [0.3, 0.4) is 0 Å². The Balaban J connectivity index is 2.61. The Morgan fingerprint density at radius 2 is 2.29 bits per heavy atom. The Bertz CT molecular complexity index is 323. The van der Waals surface area contributed by atoms with Gasteiger partial charge in [-0.25, -0.2) is 0 Å². The SMILES string of the molecule is CC(O)CNC(=O)c1cccc(O)c1. The van der Waals surface area contributed by atoms with Crippen LogP contribution < -0.4 is 5.32 Å². The minimum absolute atomic E-state index is 0.0506. The summed E-state index contributed by atoms with van der Waals surface area (Å²) in [4.78, 5) is 11.4. The van der Waals surface area contributed by atoms with Crippen LogP contribution in [0.25, 0.3) is 0 Å². The Morgan fingerprint density at radius 3 is 2.86 bits per heavy atom. The zero-order valence-electron chi connectivity index (χ0n) is 7.90. The summed E-state index contributed by atoms with van der Waals surface area (Å²) in [7, 11) is 0. The van der Waals surface area contributed by atoms with Gasteiger partial charge in [0.1, 0.15) is 5.75 Å². The second-order valence-corrected chi connectivity index (χ2v) is 3.11. The highest BCUT2D eigenvalue weighted by Crippen LogP contribution is 2.10. The lowest BCUT2D eigenvalue weighted by atomic mass is 10.2. The van der Waals surface area contributed by atoms with E-state index in [1.807, 2.05) is 0 Å². The van der Waals surface area contributed by atoms with Gasteiger partial charge in [0.05, 0.1) is 6.10 Å². The minimum atomic E-state index is -0.573. The molecule has 0 aliphatic carbocycles. The van der Waals surface area contributed by atoms with Crippen molar-refractivity contribution >= 4 is 5.91 Å². The third kappa shape index (κ3) is 3.06. The number of phenols is 1. The smallest absolute Gasteiger partial charge is 0.251 e. The molecule has 0 spiro atoms. The number of rotatable bonds is 3. The van der Waals surface area contributed by atoms with Crippen molar-refractivity contribution in [1.82, 2.24) is 5.32 Å². The Hall–Kier alpha value is -1.55. The highest BCUT2D eigenvalue weighted by Gasteiger charge is 2.06. The van der Waals surface area contributed by atoms with Crippen LogP contribution in [0.2, 0.25) is 0 Å². The van der Waals surface area contributed by atoms with Crippen molar-refractivity contribution in [2.75, 3.05) is 6.54 Å². The molecule has 1 rings (SSSR count). The topological polar surface area (TPSA) is 69.6 Å². The summed E-state index contributed by atoms with van der Waals surface area (Å²) in [6.45, 7) is 1.79. The summed E-state index contributed by atoms with van der Waals surface area (Å²) in [6, 6.07) is 6.05. The summed E-state index contributed by atoms with van der Waals surface area (Å²) in [6.07, 6.45) is -0.573. The van der Waals surface area contributed by atoms with Crippen molar-refractivity contribution in [2.24, 2.45) is 0 Å². The maximum atomic E-state index is 11.4. The Labute approximate surface area is 82.2 Å². The van der Waals surface area contributed by atoms with E-state index < -0.39 is 6.10 Å². The van der Waals surface area contributed by atoms with Gasteiger partial charge < -0.3 is 15.5 Å². The van der Waals surface area contributed by atoms with E-state index in [9.17, 15) is 4.79 Å². The largest absolute Gasteiger partial charge is 0.508 e. The molecule has 0 aliphatic heterocycles. The van der Waals surface area contributed by atoms with E-state index >= 15 is 0 Å². The Kier molecular flexibility index (Phi) is 3.48. The number of carbonyl (C=O) groups excluding carboxylic acids is 1. The van der Waals surface area contributed by atoms with Crippen molar-refractivity contribution in [3.05, 3.63) is 29.8 Å². The average molecular weight is 195 g/mol. The number of phenolic OH excluding ortho intramolecular Hbond substituents is 1. The molecular weight excluding hydrogens is 182 g/mol. The molecule has 1 unspecified atom stereocenters. The fraction of sp³-hybridized carbons (Fsp3) is 0.300. The highest BCUT2D eigenvalue weighted by molar-refractivity contribution is 5.94.